The summed E-state index contributed by atoms with van der Waals surface area (Å²) in [5.74, 6) is 0. The second kappa shape index (κ2) is 5.74. The SMILES string of the molecule is Cl.FC(F)(F)c1ccc([C@H]2CCCCN2)cc1. The lowest BCUT2D eigenvalue weighted by atomic mass is 9.97. The van der Waals surface area contributed by atoms with Crippen LogP contribution in [0.1, 0.15) is 36.4 Å². The van der Waals surface area contributed by atoms with Crippen LogP contribution < -0.4 is 5.32 Å². The molecule has 1 aromatic carbocycles. The Bertz CT molecular complexity index is 342. The van der Waals surface area contributed by atoms with E-state index in [2.05, 4.69) is 5.32 Å². The predicted octanol–water partition coefficient (Wildman–Crippen LogP) is 3.94. The third-order valence-corrected chi connectivity index (χ3v) is 2.95. The molecule has 1 aliphatic rings. The van der Waals surface area contributed by atoms with E-state index in [9.17, 15) is 13.2 Å². The third-order valence-electron chi connectivity index (χ3n) is 2.95. The molecule has 0 bridgehead atoms. The van der Waals surface area contributed by atoms with Gasteiger partial charge in [-0.05, 0) is 37.1 Å². The zero-order valence-corrected chi connectivity index (χ0v) is 10.1. The highest BCUT2D eigenvalue weighted by molar-refractivity contribution is 5.85. The number of hydrogen-bond acceptors (Lipinski definition) is 1. The van der Waals surface area contributed by atoms with Crippen LogP contribution in [0.2, 0.25) is 0 Å². The van der Waals surface area contributed by atoms with Crippen LogP contribution in [-0.2, 0) is 6.18 Å². The molecule has 0 unspecified atom stereocenters. The summed E-state index contributed by atoms with van der Waals surface area (Å²) < 4.78 is 37.0. The van der Waals surface area contributed by atoms with Crippen LogP contribution in [0.4, 0.5) is 13.2 Å². The van der Waals surface area contributed by atoms with E-state index in [0.717, 1.165) is 43.5 Å². The summed E-state index contributed by atoms with van der Waals surface area (Å²) in [4.78, 5) is 0. The number of benzene rings is 1. The van der Waals surface area contributed by atoms with Crippen molar-refractivity contribution in [2.24, 2.45) is 0 Å². The Morgan fingerprint density at radius 2 is 1.71 bits per heavy atom. The van der Waals surface area contributed by atoms with Gasteiger partial charge in [0.1, 0.15) is 0 Å². The number of rotatable bonds is 1. The van der Waals surface area contributed by atoms with Crippen LogP contribution in [0.5, 0.6) is 0 Å². The molecule has 1 heterocycles. The maximum atomic E-state index is 12.3. The Morgan fingerprint density at radius 3 is 2.18 bits per heavy atom. The molecule has 0 spiro atoms. The first-order valence-electron chi connectivity index (χ1n) is 5.48. The zero-order valence-electron chi connectivity index (χ0n) is 9.26. The van der Waals surface area contributed by atoms with Crippen molar-refractivity contribution in [1.29, 1.82) is 0 Å². The lowest BCUT2D eigenvalue weighted by Crippen LogP contribution is -2.26. The number of halogens is 4. The van der Waals surface area contributed by atoms with Crippen LogP contribution in [0, 0.1) is 0 Å². The fourth-order valence-electron chi connectivity index (χ4n) is 2.04. The second-order valence-corrected chi connectivity index (χ2v) is 4.12. The highest BCUT2D eigenvalue weighted by atomic mass is 35.5. The highest BCUT2D eigenvalue weighted by Gasteiger charge is 2.30. The molecular formula is C12H15ClF3N. The normalized spacial score (nSPS) is 20.8. The van der Waals surface area contributed by atoms with Crippen molar-refractivity contribution in [2.75, 3.05) is 6.54 Å². The van der Waals surface area contributed by atoms with Gasteiger partial charge in [-0.1, -0.05) is 18.6 Å². The van der Waals surface area contributed by atoms with Gasteiger partial charge >= 0.3 is 6.18 Å². The van der Waals surface area contributed by atoms with E-state index < -0.39 is 11.7 Å². The van der Waals surface area contributed by atoms with Gasteiger partial charge in [-0.3, -0.25) is 0 Å². The Kier molecular flexibility index (Phi) is 4.83. The number of nitrogens with one attached hydrogen (secondary N) is 1. The molecule has 1 aliphatic heterocycles. The molecule has 1 N–H and O–H groups in total. The van der Waals surface area contributed by atoms with Gasteiger partial charge in [-0.2, -0.15) is 13.2 Å². The van der Waals surface area contributed by atoms with Gasteiger partial charge in [-0.25, -0.2) is 0 Å². The summed E-state index contributed by atoms with van der Waals surface area (Å²) in [6, 6.07) is 5.69. The van der Waals surface area contributed by atoms with Gasteiger partial charge in [0.25, 0.3) is 0 Å². The molecule has 1 fully saturated rings. The number of alkyl halides is 3. The van der Waals surface area contributed by atoms with E-state index >= 15 is 0 Å². The Hall–Kier alpha value is -0.740. The minimum absolute atomic E-state index is 0. The van der Waals surface area contributed by atoms with E-state index in [0.29, 0.717) is 0 Å². The van der Waals surface area contributed by atoms with Crippen LogP contribution in [0.3, 0.4) is 0 Å². The molecule has 0 radical (unpaired) electrons. The fourth-order valence-corrected chi connectivity index (χ4v) is 2.04. The predicted molar refractivity (Wildman–Crippen MR) is 63.3 cm³/mol. The van der Waals surface area contributed by atoms with E-state index in [1.54, 1.807) is 12.1 Å². The molecule has 0 amide bonds. The molecule has 1 atom stereocenters. The van der Waals surface area contributed by atoms with Crippen molar-refractivity contribution in [3.05, 3.63) is 35.4 Å². The van der Waals surface area contributed by atoms with Crippen molar-refractivity contribution in [3.8, 4) is 0 Å². The molecule has 1 saturated heterocycles. The molecule has 1 aromatic rings. The van der Waals surface area contributed by atoms with Crippen molar-refractivity contribution >= 4 is 12.4 Å². The van der Waals surface area contributed by atoms with Gasteiger partial charge in [-0.15, -0.1) is 12.4 Å². The smallest absolute Gasteiger partial charge is 0.310 e. The van der Waals surface area contributed by atoms with Crippen LogP contribution in [0.15, 0.2) is 24.3 Å². The topological polar surface area (TPSA) is 12.0 Å². The first-order chi connectivity index (χ1) is 7.57. The zero-order chi connectivity index (χ0) is 11.6. The average Bonchev–Trinajstić information content (AvgIpc) is 2.29. The summed E-state index contributed by atoms with van der Waals surface area (Å²) in [5.41, 5.74) is 0.375. The van der Waals surface area contributed by atoms with Gasteiger partial charge in [0, 0.05) is 6.04 Å². The monoisotopic (exact) mass is 265 g/mol. The van der Waals surface area contributed by atoms with Crippen LogP contribution >= 0.6 is 12.4 Å². The molecule has 0 saturated carbocycles. The minimum Gasteiger partial charge on any atom is -0.310 e. The second-order valence-electron chi connectivity index (χ2n) is 4.12. The molecule has 96 valence electrons. The standard InChI is InChI=1S/C12H14F3N.ClH/c13-12(14,15)10-6-4-9(5-7-10)11-3-1-2-8-16-11;/h4-7,11,16H,1-3,8H2;1H/t11-;/m1./s1. The molecular weight excluding hydrogens is 251 g/mol. The van der Waals surface area contributed by atoms with E-state index in [-0.39, 0.29) is 18.4 Å². The third kappa shape index (κ3) is 3.61. The summed E-state index contributed by atoms with van der Waals surface area (Å²) in [5, 5.41) is 3.31. The first-order valence-corrected chi connectivity index (χ1v) is 5.48. The Balaban J connectivity index is 0.00000144. The van der Waals surface area contributed by atoms with Crippen molar-refractivity contribution in [3.63, 3.8) is 0 Å². The molecule has 1 nitrogen and oxygen atoms in total. The number of hydrogen-bond donors (Lipinski definition) is 1. The Labute approximate surface area is 105 Å². The van der Waals surface area contributed by atoms with Gasteiger partial charge in [0.2, 0.25) is 0 Å². The summed E-state index contributed by atoms with van der Waals surface area (Å²) in [6.07, 6.45) is -0.945. The summed E-state index contributed by atoms with van der Waals surface area (Å²) >= 11 is 0. The Morgan fingerprint density at radius 1 is 1.06 bits per heavy atom. The highest BCUT2D eigenvalue weighted by Crippen LogP contribution is 2.31. The van der Waals surface area contributed by atoms with Crippen LogP contribution in [0.25, 0.3) is 0 Å². The molecule has 17 heavy (non-hydrogen) atoms. The van der Waals surface area contributed by atoms with E-state index in [1.165, 1.54) is 0 Å². The average molecular weight is 266 g/mol. The first kappa shape index (κ1) is 14.3. The van der Waals surface area contributed by atoms with Gasteiger partial charge in [0.15, 0.2) is 0 Å². The fraction of sp³-hybridized carbons (Fsp3) is 0.500. The lowest BCUT2D eigenvalue weighted by Gasteiger charge is -2.24. The summed E-state index contributed by atoms with van der Waals surface area (Å²) in [6.45, 7) is 0.950. The van der Waals surface area contributed by atoms with Crippen LogP contribution in [-0.4, -0.2) is 6.54 Å². The van der Waals surface area contributed by atoms with E-state index in [4.69, 9.17) is 0 Å². The lowest BCUT2D eigenvalue weighted by molar-refractivity contribution is -0.137. The molecule has 0 aromatic heterocycles. The van der Waals surface area contributed by atoms with Crippen molar-refractivity contribution in [2.45, 2.75) is 31.5 Å². The largest absolute Gasteiger partial charge is 0.416 e. The maximum Gasteiger partial charge on any atom is 0.416 e. The quantitative estimate of drug-likeness (QED) is 0.811. The molecule has 5 heteroatoms. The van der Waals surface area contributed by atoms with Crippen molar-refractivity contribution < 1.29 is 13.2 Å². The number of piperidine rings is 1. The maximum absolute atomic E-state index is 12.3. The molecule has 0 aliphatic carbocycles. The minimum atomic E-state index is -4.24. The van der Waals surface area contributed by atoms with Crippen molar-refractivity contribution in [1.82, 2.24) is 5.32 Å². The summed E-state index contributed by atoms with van der Waals surface area (Å²) in [7, 11) is 0. The van der Waals surface area contributed by atoms with Gasteiger partial charge in [0.05, 0.1) is 5.56 Å². The van der Waals surface area contributed by atoms with E-state index in [1.807, 2.05) is 0 Å². The van der Waals surface area contributed by atoms with Gasteiger partial charge < -0.3 is 5.32 Å². The molecule has 2 rings (SSSR count).